The van der Waals surface area contributed by atoms with Crippen LogP contribution in [0, 0.1) is 11.3 Å². The monoisotopic (exact) mass is 199 g/mol. The molecule has 0 bridgehead atoms. The Kier molecular flexibility index (Phi) is 6.54. The molecule has 0 fully saturated rings. The molecule has 14 heavy (non-hydrogen) atoms. The van der Waals surface area contributed by atoms with Crippen LogP contribution in [-0.2, 0) is 0 Å². The van der Waals surface area contributed by atoms with Crippen LogP contribution in [0.3, 0.4) is 0 Å². The Morgan fingerprint density at radius 2 is 1.93 bits per heavy atom. The number of amidine groups is 1. The van der Waals surface area contributed by atoms with Gasteiger partial charge in [-0.15, -0.1) is 0 Å². The van der Waals surface area contributed by atoms with E-state index in [2.05, 4.69) is 25.7 Å². The zero-order chi connectivity index (χ0) is 11.1. The van der Waals surface area contributed by atoms with Crippen LogP contribution in [0.4, 0.5) is 0 Å². The fourth-order valence-electron chi connectivity index (χ4n) is 1.67. The predicted octanol–water partition coefficient (Wildman–Crippen LogP) is 2.07. The van der Waals surface area contributed by atoms with Gasteiger partial charge < -0.3 is 10.6 Å². The molecule has 0 aromatic rings. The van der Waals surface area contributed by atoms with Gasteiger partial charge in [0.15, 0.2) is 0 Å². The average molecular weight is 199 g/mol. The third-order valence-corrected chi connectivity index (χ3v) is 2.78. The number of nitrogens with two attached hydrogens (primary N) is 1. The molecular formula is C11H25N3. The van der Waals surface area contributed by atoms with Gasteiger partial charge in [-0.05, 0) is 19.9 Å². The quantitative estimate of drug-likeness (QED) is 0.487. The maximum Gasteiger partial charge on any atom is 0.0947 e. The zero-order valence-electron chi connectivity index (χ0n) is 10.0. The van der Waals surface area contributed by atoms with Crippen molar-refractivity contribution in [3.8, 4) is 0 Å². The van der Waals surface area contributed by atoms with E-state index in [9.17, 15) is 0 Å². The highest BCUT2D eigenvalue weighted by atomic mass is 15.1. The SMILES string of the molecule is CCCC(C)N(CC)CC(C)C(=N)N. The van der Waals surface area contributed by atoms with Gasteiger partial charge in [-0.25, -0.2) is 0 Å². The van der Waals surface area contributed by atoms with Crippen molar-refractivity contribution in [3.05, 3.63) is 0 Å². The Bertz CT molecular complexity index is 168. The average Bonchev–Trinajstić information content (AvgIpc) is 2.13. The first-order valence-corrected chi connectivity index (χ1v) is 5.60. The number of nitrogens with one attached hydrogen (secondary N) is 1. The largest absolute Gasteiger partial charge is 0.387 e. The zero-order valence-corrected chi connectivity index (χ0v) is 10.0. The van der Waals surface area contributed by atoms with Crippen LogP contribution in [0.15, 0.2) is 0 Å². The summed E-state index contributed by atoms with van der Waals surface area (Å²) in [5.74, 6) is 0.474. The first-order valence-electron chi connectivity index (χ1n) is 5.60. The molecule has 0 radical (unpaired) electrons. The van der Waals surface area contributed by atoms with Gasteiger partial charge in [-0.3, -0.25) is 5.41 Å². The van der Waals surface area contributed by atoms with Crippen LogP contribution in [0.2, 0.25) is 0 Å². The van der Waals surface area contributed by atoms with E-state index in [0.717, 1.165) is 13.1 Å². The van der Waals surface area contributed by atoms with E-state index in [0.29, 0.717) is 11.9 Å². The summed E-state index contributed by atoms with van der Waals surface area (Å²) < 4.78 is 0. The van der Waals surface area contributed by atoms with Gasteiger partial charge in [0.25, 0.3) is 0 Å². The number of rotatable bonds is 7. The molecule has 3 nitrogen and oxygen atoms in total. The third kappa shape index (κ3) is 4.61. The summed E-state index contributed by atoms with van der Waals surface area (Å²) >= 11 is 0. The van der Waals surface area contributed by atoms with E-state index in [1.165, 1.54) is 12.8 Å². The third-order valence-electron chi connectivity index (χ3n) is 2.78. The topological polar surface area (TPSA) is 53.1 Å². The molecule has 0 spiro atoms. The maximum absolute atomic E-state index is 7.36. The second-order valence-electron chi connectivity index (χ2n) is 4.08. The van der Waals surface area contributed by atoms with E-state index >= 15 is 0 Å². The molecule has 0 amide bonds. The van der Waals surface area contributed by atoms with Crippen molar-refractivity contribution in [3.63, 3.8) is 0 Å². The van der Waals surface area contributed by atoms with Gasteiger partial charge in [0.2, 0.25) is 0 Å². The van der Waals surface area contributed by atoms with Gasteiger partial charge in [0.1, 0.15) is 0 Å². The lowest BCUT2D eigenvalue weighted by molar-refractivity contribution is 0.197. The highest BCUT2D eigenvalue weighted by Gasteiger charge is 2.15. The van der Waals surface area contributed by atoms with Crippen molar-refractivity contribution < 1.29 is 0 Å². The van der Waals surface area contributed by atoms with Gasteiger partial charge in [-0.1, -0.05) is 27.2 Å². The van der Waals surface area contributed by atoms with Gasteiger partial charge >= 0.3 is 0 Å². The second-order valence-corrected chi connectivity index (χ2v) is 4.08. The molecule has 0 aromatic heterocycles. The highest BCUT2D eigenvalue weighted by Crippen LogP contribution is 2.09. The lowest BCUT2D eigenvalue weighted by Crippen LogP contribution is -2.39. The fourth-order valence-corrected chi connectivity index (χ4v) is 1.67. The fraction of sp³-hybridized carbons (Fsp3) is 0.909. The summed E-state index contributed by atoms with van der Waals surface area (Å²) in [5.41, 5.74) is 5.47. The molecule has 0 aliphatic rings. The summed E-state index contributed by atoms with van der Waals surface area (Å²) in [6.45, 7) is 10.6. The molecule has 0 heterocycles. The van der Waals surface area contributed by atoms with Crippen LogP contribution >= 0.6 is 0 Å². The summed E-state index contributed by atoms with van der Waals surface area (Å²) in [5, 5.41) is 7.36. The normalized spacial score (nSPS) is 15.5. The molecule has 0 aliphatic carbocycles. The van der Waals surface area contributed by atoms with Crippen molar-refractivity contribution in [1.29, 1.82) is 5.41 Å². The minimum absolute atomic E-state index is 0.175. The van der Waals surface area contributed by atoms with Gasteiger partial charge in [-0.2, -0.15) is 0 Å². The van der Waals surface area contributed by atoms with Crippen molar-refractivity contribution in [2.75, 3.05) is 13.1 Å². The summed E-state index contributed by atoms with van der Waals surface area (Å²) in [4.78, 5) is 2.40. The molecule has 2 unspecified atom stereocenters. The van der Waals surface area contributed by atoms with E-state index in [4.69, 9.17) is 11.1 Å². The molecule has 0 rings (SSSR count). The first kappa shape index (κ1) is 13.4. The summed E-state index contributed by atoms with van der Waals surface area (Å²) in [7, 11) is 0. The van der Waals surface area contributed by atoms with Crippen molar-refractivity contribution in [1.82, 2.24) is 4.90 Å². The summed E-state index contributed by atoms with van der Waals surface area (Å²) in [6.07, 6.45) is 2.44. The second kappa shape index (κ2) is 6.82. The Hall–Kier alpha value is -0.570. The van der Waals surface area contributed by atoms with Gasteiger partial charge in [0.05, 0.1) is 5.84 Å². The van der Waals surface area contributed by atoms with E-state index in [-0.39, 0.29) is 5.92 Å². The van der Waals surface area contributed by atoms with Crippen LogP contribution in [0.1, 0.15) is 40.5 Å². The Labute approximate surface area is 88.2 Å². The smallest absolute Gasteiger partial charge is 0.0947 e. The Balaban J connectivity index is 4.07. The number of hydrogen-bond acceptors (Lipinski definition) is 2. The number of hydrogen-bond donors (Lipinski definition) is 2. The van der Waals surface area contributed by atoms with E-state index < -0.39 is 0 Å². The Morgan fingerprint density at radius 3 is 2.29 bits per heavy atom. The molecule has 84 valence electrons. The number of nitrogens with zero attached hydrogens (tertiary/aromatic N) is 1. The van der Waals surface area contributed by atoms with Crippen LogP contribution in [0.25, 0.3) is 0 Å². The lowest BCUT2D eigenvalue weighted by Gasteiger charge is -2.29. The van der Waals surface area contributed by atoms with E-state index in [1.807, 2.05) is 6.92 Å². The van der Waals surface area contributed by atoms with Gasteiger partial charge in [0, 0.05) is 18.5 Å². The molecule has 0 saturated carbocycles. The molecule has 3 N–H and O–H groups in total. The van der Waals surface area contributed by atoms with Crippen LogP contribution in [0.5, 0.6) is 0 Å². The minimum atomic E-state index is 0.175. The molecule has 0 aliphatic heterocycles. The van der Waals surface area contributed by atoms with Crippen LogP contribution < -0.4 is 5.73 Å². The first-order chi connectivity index (χ1) is 6.52. The molecule has 3 heteroatoms. The van der Waals surface area contributed by atoms with Crippen molar-refractivity contribution in [2.24, 2.45) is 11.7 Å². The standard InChI is InChI=1S/C11H25N3/c1-5-7-10(4)14(6-2)8-9(3)11(12)13/h9-10H,5-8H2,1-4H3,(H3,12,13). The molecular weight excluding hydrogens is 174 g/mol. The highest BCUT2D eigenvalue weighted by molar-refractivity contribution is 5.79. The predicted molar refractivity (Wildman–Crippen MR) is 62.7 cm³/mol. The van der Waals surface area contributed by atoms with Crippen LogP contribution in [-0.4, -0.2) is 29.9 Å². The van der Waals surface area contributed by atoms with Crippen molar-refractivity contribution in [2.45, 2.75) is 46.6 Å². The molecule has 0 aromatic carbocycles. The molecule has 0 saturated heterocycles. The minimum Gasteiger partial charge on any atom is -0.387 e. The van der Waals surface area contributed by atoms with E-state index in [1.54, 1.807) is 0 Å². The molecule has 2 atom stereocenters. The lowest BCUT2D eigenvalue weighted by atomic mass is 10.1. The summed E-state index contributed by atoms with van der Waals surface area (Å²) in [6, 6.07) is 0.604. The Morgan fingerprint density at radius 1 is 1.36 bits per heavy atom. The van der Waals surface area contributed by atoms with Crippen molar-refractivity contribution >= 4 is 5.84 Å². The maximum atomic E-state index is 7.36.